The van der Waals surface area contributed by atoms with Crippen LogP contribution in [0.4, 0.5) is 13.2 Å². The molecule has 0 bridgehead atoms. The number of aliphatic hydroxyl groups excluding tert-OH is 1. The van der Waals surface area contributed by atoms with Gasteiger partial charge in [-0.1, -0.05) is 0 Å². The van der Waals surface area contributed by atoms with Gasteiger partial charge in [0.2, 0.25) is 0 Å². The van der Waals surface area contributed by atoms with Crippen LogP contribution in [0.15, 0.2) is 35.1 Å². The third kappa shape index (κ3) is 1.81. The Hall–Kier alpha value is -1.75. The molecule has 2 nitrogen and oxygen atoms in total. The average molecular weight is 228 g/mol. The zero-order chi connectivity index (χ0) is 11.7. The van der Waals surface area contributed by atoms with Gasteiger partial charge in [0.1, 0.15) is 6.10 Å². The lowest BCUT2D eigenvalue weighted by molar-refractivity contribution is 0.217. The fourth-order valence-corrected chi connectivity index (χ4v) is 1.36. The number of furan rings is 1. The number of aliphatic hydroxyl groups is 1. The molecule has 0 saturated carbocycles. The zero-order valence-corrected chi connectivity index (χ0v) is 7.95. The SMILES string of the molecule is O[C@@H](c1ccoc1)c1cc(F)c(F)c(F)c1. The second-order valence-electron chi connectivity index (χ2n) is 3.26. The average Bonchev–Trinajstić information content (AvgIpc) is 2.77. The van der Waals surface area contributed by atoms with E-state index in [9.17, 15) is 18.3 Å². The zero-order valence-electron chi connectivity index (χ0n) is 7.95. The van der Waals surface area contributed by atoms with Gasteiger partial charge in [0.05, 0.1) is 12.5 Å². The minimum atomic E-state index is -1.55. The van der Waals surface area contributed by atoms with Gasteiger partial charge in [0.15, 0.2) is 17.5 Å². The predicted molar refractivity (Wildman–Crippen MR) is 49.1 cm³/mol. The first-order valence-corrected chi connectivity index (χ1v) is 4.44. The van der Waals surface area contributed by atoms with Crippen molar-refractivity contribution in [2.45, 2.75) is 6.10 Å². The largest absolute Gasteiger partial charge is 0.472 e. The highest BCUT2D eigenvalue weighted by atomic mass is 19.2. The fraction of sp³-hybridized carbons (Fsp3) is 0.0909. The van der Waals surface area contributed by atoms with E-state index in [1.807, 2.05) is 0 Å². The van der Waals surface area contributed by atoms with Crippen LogP contribution in [0, 0.1) is 17.5 Å². The molecule has 0 unspecified atom stereocenters. The molecule has 84 valence electrons. The summed E-state index contributed by atoms with van der Waals surface area (Å²) in [6.07, 6.45) is 1.31. The number of hydrogen-bond donors (Lipinski definition) is 1. The molecular weight excluding hydrogens is 221 g/mol. The molecule has 0 aliphatic heterocycles. The van der Waals surface area contributed by atoms with Gasteiger partial charge in [-0.15, -0.1) is 0 Å². The summed E-state index contributed by atoms with van der Waals surface area (Å²) in [6.45, 7) is 0. The second-order valence-corrected chi connectivity index (χ2v) is 3.26. The van der Waals surface area contributed by atoms with E-state index in [1.54, 1.807) is 0 Å². The molecule has 0 aliphatic rings. The van der Waals surface area contributed by atoms with E-state index in [0.29, 0.717) is 5.56 Å². The smallest absolute Gasteiger partial charge is 0.194 e. The van der Waals surface area contributed by atoms with Crippen molar-refractivity contribution in [2.75, 3.05) is 0 Å². The topological polar surface area (TPSA) is 33.4 Å². The molecule has 2 aromatic rings. The number of halogens is 3. The van der Waals surface area contributed by atoms with Gasteiger partial charge in [-0.2, -0.15) is 0 Å². The first-order chi connectivity index (χ1) is 7.59. The Kier molecular flexibility index (Phi) is 2.70. The predicted octanol–water partition coefficient (Wildman–Crippen LogP) is 2.78. The van der Waals surface area contributed by atoms with E-state index >= 15 is 0 Å². The summed E-state index contributed by atoms with van der Waals surface area (Å²) in [5.74, 6) is -4.22. The Bertz CT molecular complexity index is 471. The summed E-state index contributed by atoms with van der Waals surface area (Å²) in [7, 11) is 0. The molecule has 0 radical (unpaired) electrons. The monoisotopic (exact) mass is 228 g/mol. The maximum Gasteiger partial charge on any atom is 0.194 e. The molecule has 16 heavy (non-hydrogen) atoms. The number of hydrogen-bond acceptors (Lipinski definition) is 2. The van der Waals surface area contributed by atoms with Gasteiger partial charge in [-0.25, -0.2) is 13.2 Å². The van der Waals surface area contributed by atoms with Gasteiger partial charge in [-0.3, -0.25) is 0 Å². The van der Waals surface area contributed by atoms with Gasteiger partial charge in [0.25, 0.3) is 0 Å². The van der Waals surface area contributed by atoms with Crippen molar-refractivity contribution in [1.82, 2.24) is 0 Å². The van der Waals surface area contributed by atoms with E-state index in [4.69, 9.17) is 4.42 Å². The van der Waals surface area contributed by atoms with E-state index in [0.717, 1.165) is 12.1 Å². The van der Waals surface area contributed by atoms with Crippen molar-refractivity contribution in [3.63, 3.8) is 0 Å². The third-order valence-electron chi connectivity index (χ3n) is 2.18. The third-order valence-corrected chi connectivity index (χ3v) is 2.18. The van der Waals surface area contributed by atoms with Crippen molar-refractivity contribution in [3.8, 4) is 0 Å². The Balaban J connectivity index is 2.42. The highest BCUT2D eigenvalue weighted by Gasteiger charge is 2.17. The quantitative estimate of drug-likeness (QED) is 0.802. The highest BCUT2D eigenvalue weighted by Crippen LogP contribution is 2.25. The van der Waals surface area contributed by atoms with Crippen LogP contribution in [0.5, 0.6) is 0 Å². The minimum Gasteiger partial charge on any atom is -0.472 e. The summed E-state index contributed by atoms with van der Waals surface area (Å²) in [5, 5.41) is 9.70. The molecule has 1 heterocycles. The van der Waals surface area contributed by atoms with E-state index in [2.05, 4.69) is 0 Å². The van der Waals surface area contributed by atoms with Crippen LogP contribution in [-0.2, 0) is 0 Å². The van der Waals surface area contributed by atoms with Crippen LogP contribution in [0.3, 0.4) is 0 Å². The Morgan fingerprint density at radius 1 is 1.06 bits per heavy atom. The van der Waals surface area contributed by atoms with Crippen molar-refractivity contribution in [3.05, 3.63) is 59.3 Å². The first kappa shape index (κ1) is 10.8. The van der Waals surface area contributed by atoms with E-state index in [-0.39, 0.29) is 5.56 Å². The van der Waals surface area contributed by atoms with Crippen molar-refractivity contribution < 1.29 is 22.7 Å². The lowest BCUT2D eigenvalue weighted by Gasteiger charge is -2.09. The number of benzene rings is 1. The maximum absolute atomic E-state index is 12.9. The molecule has 1 atom stereocenters. The van der Waals surface area contributed by atoms with Crippen LogP contribution >= 0.6 is 0 Å². The molecule has 0 spiro atoms. The summed E-state index contributed by atoms with van der Waals surface area (Å²) in [4.78, 5) is 0. The number of rotatable bonds is 2. The summed E-state index contributed by atoms with van der Waals surface area (Å²) in [5.41, 5.74) is 0.267. The van der Waals surface area contributed by atoms with Crippen molar-refractivity contribution >= 4 is 0 Å². The molecule has 0 amide bonds. The highest BCUT2D eigenvalue weighted by molar-refractivity contribution is 5.28. The van der Waals surface area contributed by atoms with Crippen LogP contribution in [0.2, 0.25) is 0 Å². The molecule has 0 saturated heterocycles. The molecule has 1 N–H and O–H groups in total. The molecule has 0 fully saturated rings. The Morgan fingerprint density at radius 2 is 1.69 bits per heavy atom. The maximum atomic E-state index is 12.9. The minimum absolute atomic E-state index is 0.0715. The summed E-state index contributed by atoms with van der Waals surface area (Å²) >= 11 is 0. The molecule has 1 aromatic carbocycles. The van der Waals surface area contributed by atoms with E-state index in [1.165, 1.54) is 18.6 Å². The van der Waals surface area contributed by atoms with Gasteiger partial charge in [-0.05, 0) is 23.8 Å². The Morgan fingerprint density at radius 3 is 2.19 bits per heavy atom. The molecule has 2 rings (SSSR count). The van der Waals surface area contributed by atoms with Crippen molar-refractivity contribution in [2.24, 2.45) is 0 Å². The lowest BCUT2D eigenvalue weighted by Crippen LogP contribution is -2.02. The lowest BCUT2D eigenvalue weighted by atomic mass is 10.0. The molecule has 1 aromatic heterocycles. The second kappa shape index (κ2) is 4.02. The summed E-state index contributed by atoms with van der Waals surface area (Å²) < 4.78 is 43.2. The Labute approximate surface area is 88.9 Å². The van der Waals surface area contributed by atoms with Crippen LogP contribution in [0.1, 0.15) is 17.2 Å². The molecule has 0 aliphatic carbocycles. The van der Waals surface area contributed by atoms with Gasteiger partial charge < -0.3 is 9.52 Å². The van der Waals surface area contributed by atoms with Crippen LogP contribution < -0.4 is 0 Å². The first-order valence-electron chi connectivity index (χ1n) is 4.44. The van der Waals surface area contributed by atoms with E-state index < -0.39 is 23.6 Å². The molecule has 5 heteroatoms. The van der Waals surface area contributed by atoms with Gasteiger partial charge >= 0.3 is 0 Å². The van der Waals surface area contributed by atoms with Crippen LogP contribution in [0.25, 0.3) is 0 Å². The normalized spacial score (nSPS) is 12.8. The van der Waals surface area contributed by atoms with Gasteiger partial charge in [0, 0.05) is 5.56 Å². The molecular formula is C11H7F3O2. The van der Waals surface area contributed by atoms with Crippen molar-refractivity contribution in [1.29, 1.82) is 0 Å². The fourth-order valence-electron chi connectivity index (χ4n) is 1.36. The van der Waals surface area contributed by atoms with Crippen LogP contribution in [-0.4, -0.2) is 5.11 Å². The standard InChI is InChI=1S/C11H7F3O2/c12-8-3-7(4-9(13)10(8)14)11(15)6-1-2-16-5-6/h1-5,11,15H/t11-/m0/s1. The summed E-state index contributed by atoms with van der Waals surface area (Å²) in [6, 6.07) is 2.94.